The Bertz CT molecular complexity index is 968. The van der Waals surface area contributed by atoms with Gasteiger partial charge in [0.05, 0.1) is 0 Å². The van der Waals surface area contributed by atoms with Gasteiger partial charge in [-0.1, -0.05) is 42.5 Å². The van der Waals surface area contributed by atoms with Gasteiger partial charge in [0.2, 0.25) is 0 Å². The van der Waals surface area contributed by atoms with Crippen molar-refractivity contribution in [2.24, 2.45) is 0 Å². The summed E-state index contributed by atoms with van der Waals surface area (Å²) in [5.74, 6) is 0.780. The van der Waals surface area contributed by atoms with Crippen LogP contribution >= 0.6 is 0 Å². The third-order valence-electron chi connectivity index (χ3n) is 5.33. The summed E-state index contributed by atoms with van der Waals surface area (Å²) in [5, 5.41) is 3.03. The number of fused-ring (bicyclic) bond motifs is 1. The summed E-state index contributed by atoms with van der Waals surface area (Å²) < 4.78 is 5.82. The van der Waals surface area contributed by atoms with E-state index in [1.807, 2.05) is 71.6 Å². The summed E-state index contributed by atoms with van der Waals surface area (Å²) in [5.41, 5.74) is 5.45. The van der Waals surface area contributed by atoms with E-state index >= 15 is 0 Å². The fourth-order valence-corrected chi connectivity index (χ4v) is 3.73. The lowest BCUT2D eigenvalue weighted by Gasteiger charge is -2.24. The molecule has 1 aliphatic rings. The van der Waals surface area contributed by atoms with E-state index < -0.39 is 0 Å². The molecule has 0 saturated heterocycles. The Morgan fingerprint density at radius 3 is 2.55 bits per heavy atom. The van der Waals surface area contributed by atoms with Gasteiger partial charge in [0.1, 0.15) is 12.4 Å². The van der Waals surface area contributed by atoms with Crippen molar-refractivity contribution in [3.05, 3.63) is 89.5 Å². The number of aryl methyl sites for hydroxylation is 1. The second-order valence-corrected chi connectivity index (χ2v) is 7.41. The number of anilines is 2. The van der Waals surface area contributed by atoms with Crippen LogP contribution in [0.15, 0.2) is 72.8 Å². The van der Waals surface area contributed by atoms with Gasteiger partial charge >= 0.3 is 6.03 Å². The topological polar surface area (TPSA) is 41.6 Å². The number of hydrogen-bond donors (Lipinski definition) is 1. The summed E-state index contributed by atoms with van der Waals surface area (Å²) in [6, 6.07) is 23.7. The largest absolute Gasteiger partial charge is 0.489 e. The molecule has 148 valence electrons. The van der Waals surface area contributed by atoms with Crippen molar-refractivity contribution in [1.29, 1.82) is 0 Å². The first kappa shape index (κ1) is 19.1. The highest BCUT2D eigenvalue weighted by Gasteiger charge is 2.22. The summed E-state index contributed by atoms with van der Waals surface area (Å²) in [4.78, 5) is 14.8. The molecule has 29 heavy (non-hydrogen) atoms. The number of benzene rings is 3. The Kier molecular flexibility index (Phi) is 5.80. The Labute approximate surface area is 172 Å². The molecule has 0 fully saturated rings. The monoisotopic (exact) mass is 386 g/mol. The first-order valence-corrected chi connectivity index (χ1v) is 10.1. The van der Waals surface area contributed by atoms with Crippen LogP contribution in [0.1, 0.15) is 29.5 Å². The van der Waals surface area contributed by atoms with E-state index in [2.05, 4.69) is 18.3 Å². The molecule has 0 aliphatic carbocycles. The van der Waals surface area contributed by atoms with Crippen LogP contribution in [-0.4, -0.2) is 12.6 Å². The Balaban J connectivity index is 1.42. The van der Waals surface area contributed by atoms with Crippen LogP contribution in [0.25, 0.3) is 0 Å². The number of amides is 2. The molecule has 0 spiro atoms. The van der Waals surface area contributed by atoms with Gasteiger partial charge in [-0.05, 0) is 73.2 Å². The molecule has 0 saturated carbocycles. The smallest absolute Gasteiger partial charge is 0.326 e. The van der Waals surface area contributed by atoms with E-state index in [1.165, 1.54) is 11.1 Å². The van der Waals surface area contributed by atoms with Gasteiger partial charge in [-0.15, -0.1) is 0 Å². The van der Waals surface area contributed by atoms with Gasteiger partial charge in [0.15, 0.2) is 0 Å². The average molecular weight is 386 g/mol. The predicted octanol–water partition coefficient (Wildman–Crippen LogP) is 5.95. The lowest BCUT2D eigenvalue weighted by molar-refractivity contribution is 0.257. The Morgan fingerprint density at radius 1 is 0.966 bits per heavy atom. The summed E-state index contributed by atoms with van der Waals surface area (Å²) in [6.07, 6.45) is 3.14. The van der Waals surface area contributed by atoms with Gasteiger partial charge in [-0.25, -0.2) is 4.79 Å². The number of urea groups is 1. The van der Waals surface area contributed by atoms with E-state index in [0.29, 0.717) is 6.61 Å². The van der Waals surface area contributed by atoms with E-state index in [9.17, 15) is 4.79 Å². The number of carbonyl (C=O) groups excluding carboxylic acids is 1. The minimum Gasteiger partial charge on any atom is -0.489 e. The molecule has 4 heteroatoms. The van der Waals surface area contributed by atoms with Crippen molar-refractivity contribution < 1.29 is 9.53 Å². The SMILES string of the molecule is Cc1cccc2c1CCCCN2C(=O)Nc1ccc(OCc2ccccc2)cc1. The van der Waals surface area contributed by atoms with Crippen LogP contribution in [0.2, 0.25) is 0 Å². The molecular formula is C25H26N2O2. The van der Waals surface area contributed by atoms with Crippen molar-refractivity contribution in [1.82, 2.24) is 0 Å². The molecule has 2 amide bonds. The average Bonchev–Trinajstić information content (AvgIpc) is 2.98. The fourth-order valence-electron chi connectivity index (χ4n) is 3.73. The first-order valence-electron chi connectivity index (χ1n) is 10.1. The zero-order valence-corrected chi connectivity index (χ0v) is 16.7. The van der Waals surface area contributed by atoms with Crippen molar-refractivity contribution in [3.8, 4) is 5.75 Å². The summed E-state index contributed by atoms with van der Waals surface area (Å²) in [7, 11) is 0. The van der Waals surface area contributed by atoms with E-state index in [4.69, 9.17) is 4.74 Å². The molecule has 0 atom stereocenters. The minimum absolute atomic E-state index is 0.0864. The van der Waals surface area contributed by atoms with Crippen molar-refractivity contribution in [3.63, 3.8) is 0 Å². The molecule has 1 N–H and O–H groups in total. The van der Waals surface area contributed by atoms with Crippen molar-refractivity contribution >= 4 is 17.4 Å². The molecule has 3 aromatic rings. The number of nitrogens with zero attached hydrogens (tertiary/aromatic N) is 1. The number of nitrogens with one attached hydrogen (secondary N) is 1. The van der Waals surface area contributed by atoms with Crippen molar-refractivity contribution in [2.75, 3.05) is 16.8 Å². The van der Waals surface area contributed by atoms with Crippen LogP contribution in [0.4, 0.5) is 16.2 Å². The normalized spacial score (nSPS) is 13.3. The molecule has 4 nitrogen and oxygen atoms in total. The Morgan fingerprint density at radius 2 is 1.76 bits per heavy atom. The lowest BCUT2D eigenvalue weighted by atomic mass is 10.0. The van der Waals surface area contributed by atoms with Crippen LogP contribution < -0.4 is 15.0 Å². The minimum atomic E-state index is -0.0864. The number of hydrogen-bond acceptors (Lipinski definition) is 2. The van der Waals surface area contributed by atoms with Crippen molar-refractivity contribution in [2.45, 2.75) is 32.8 Å². The van der Waals surface area contributed by atoms with Gasteiger partial charge in [0.25, 0.3) is 0 Å². The highest BCUT2D eigenvalue weighted by molar-refractivity contribution is 6.02. The molecule has 4 rings (SSSR count). The zero-order chi connectivity index (χ0) is 20.1. The molecule has 0 unspecified atom stereocenters. The Hall–Kier alpha value is -3.27. The highest BCUT2D eigenvalue weighted by atomic mass is 16.5. The van der Waals surface area contributed by atoms with Gasteiger partial charge in [0, 0.05) is 17.9 Å². The first-order chi connectivity index (χ1) is 14.2. The van der Waals surface area contributed by atoms with E-state index in [-0.39, 0.29) is 6.03 Å². The van der Waals surface area contributed by atoms with E-state index in [0.717, 1.165) is 48.5 Å². The standard InChI is InChI=1S/C25H26N2O2/c1-19-8-7-12-24-23(19)11-5-6-17-27(24)25(28)26-21-13-15-22(16-14-21)29-18-20-9-3-2-4-10-20/h2-4,7-10,12-16H,5-6,11,17-18H2,1H3,(H,26,28). The highest BCUT2D eigenvalue weighted by Crippen LogP contribution is 2.29. The summed E-state index contributed by atoms with van der Waals surface area (Å²) in [6.45, 7) is 3.38. The zero-order valence-electron chi connectivity index (χ0n) is 16.7. The number of ether oxygens (including phenoxy) is 1. The molecule has 3 aromatic carbocycles. The third kappa shape index (κ3) is 4.60. The van der Waals surface area contributed by atoms with Crippen LogP contribution in [0.3, 0.4) is 0 Å². The lowest BCUT2D eigenvalue weighted by Crippen LogP contribution is -2.35. The maximum Gasteiger partial charge on any atom is 0.326 e. The van der Waals surface area contributed by atoms with Gasteiger partial charge in [-0.3, -0.25) is 4.90 Å². The molecule has 1 aliphatic heterocycles. The number of rotatable bonds is 4. The third-order valence-corrected chi connectivity index (χ3v) is 5.33. The maximum atomic E-state index is 13.0. The predicted molar refractivity (Wildman–Crippen MR) is 118 cm³/mol. The van der Waals surface area contributed by atoms with Gasteiger partial charge in [-0.2, -0.15) is 0 Å². The van der Waals surface area contributed by atoms with E-state index in [1.54, 1.807) is 0 Å². The molecule has 0 radical (unpaired) electrons. The van der Waals surface area contributed by atoms with Gasteiger partial charge < -0.3 is 10.1 Å². The molecule has 0 bridgehead atoms. The van der Waals surface area contributed by atoms with Crippen LogP contribution in [0, 0.1) is 6.92 Å². The maximum absolute atomic E-state index is 13.0. The molecular weight excluding hydrogens is 360 g/mol. The van der Waals surface area contributed by atoms with Crippen LogP contribution in [-0.2, 0) is 13.0 Å². The fraction of sp³-hybridized carbons (Fsp3) is 0.240. The molecule has 1 heterocycles. The quantitative estimate of drug-likeness (QED) is 0.602. The van der Waals surface area contributed by atoms with Crippen LogP contribution in [0.5, 0.6) is 5.75 Å². The molecule has 0 aromatic heterocycles. The second-order valence-electron chi connectivity index (χ2n) is 7.41. The summed E-state index contributed by atoms with van der Waals surface area (Å²) >= 11 is 0. The number of carbonyl (C=O) groups is 1. The second kappa shape index (κ2) is 8.82.